The van der Waals surface area contributed by atoms with Crippen LogP contribution < -0.4 is 0 Å². The topological polar surface area (TPSA) is 93.9 Å². The van der Waals surface area contributed by atoms with Crippen molar-refractivity contribution in [1.29, 1.82) is 0 Å². The van der Waals surface area contributed by atoms with Gasteiger partial charge in [-0.05, 0) is 88.4 Å². The quantitative estimate of drug-likeness (QED) is 0.303. The van der Waals surface area contributed by atoms with E-state index in [9.17, 15) is 0 Å². The molecule has 0 saturated heterocycles. The molecular weight excluding hydrogens is 408 g/mol. The minimum atomic E-state index is 0.257. The standard InChI is InChI=1S/C8H19NO.C7H17NO.C5H13NO.C4H11NO/c1-7(2)9(5-6-10)8(3)4;1-3-8(4-2)6-5-7-9;1-6(2)4-3-5-7;1-5(2)3-4-6/h7-8,10H,5-6H2,1-4H3;9H,3-7H2,1-2H3;7H,3-5H2,1-2H3;6H,3-4H2,1-2H3. The summed E-state index contributed by atoms with van der Waals surface area (Å²) in [5, 5.41) is 33.7. The molecule has 0 aliphatic rings. The van der Waals surface area contributed by atoms with Crippen molar-refractivity contribution in [2.75, 3.05) is 93.9 Å². The second-order valence-electron chi connectivity index (χ2n) is 8.66. The summed E-state index contributed by atoms with van der Waals surface area (Å²) in [6.45, 7) is 19.8. The molecule has 0 radical (unpaired) electrons. The van der Waals surface area contributed by atoms with E-state index in [1.807, 2.05) is 33.1 Å². The second-order valence-corrected chi connectivity index (χ2v) is 8.66. The Kier molecular flexibility index (Phi) is 37.3. The highest BCUT2D eigenvalue weighted by Crippen LogP contribution is 2.02. The first kappa shape index (κ1) is 38.9. The third-order valence-electron chi connectivity index (χ3n) is 4.52. The highest BCUT2D eigenvalue weighted by Gasteiger charge is 2.11. The Bertz CT molecular complexity index is 308. The lowest BCUT2D eigenvalue weighted by molar-refractivity contribution is 0.134. The third-order valence-corrected chi connectivity index (χ3v) is 4.52. The van der Waals surface area contributed by atoms with Crippen LogP contribution >= 0.6 is 0 Å². The Morgan fingerprint density at radius 1 is 0.531 bits per heavy atom. The van der Waals surface area contributed by atoms with E-state index < -0.39 is 0 Å². The number of hydrogen-bond donors (Lipinski definition) is 4. The molecule has 4 N–H and O–H groups in total. The van der Waals surface area contributed by atoms with Gasteiger partial charge in [-0.2, -0.15) is 0 Å². The van der Waals surface area contributed by atoms with Gasteiger partial charge in [0, 0.05) is 44.9 Å². The molecule has 0 aromatic rings. The van der Waals surface area contributed by atoms with Gasteiger partial charge in [-0.15, -0.1) is 0 Å². The molecule has 0 unspecified atom stereocenters. The molecule has 0 aromatic heterocycles. The van der Waals surface area contributed by atoms with Crippen LogP contribution in [0.2, 0.25) is 0 Å². The number of rotatable bonds is 14. The van der Waals surface area contributed by atoms with E-state index in [1.165, 1.54) is 0 Å². The zero-order chi connectivity index (χ0) is 25.9. The van der Waals surface area contributed by atoms with E-state index in [0.717, 1.165) is 52.1 Å². The minimum Gasteiger partial charge on any atom is -0.396 e. The maximum Gasteiger partial charge on any atom is 0.0558 e. The predicted molar refractivity (Wildman–Crippen MR) is 139 cm³/mol. The van der Waals surface area contributed by atoms with E-state index in [2.05, 4.69) is 56.2 Å². The molecule has 0 bridgehead atoms. The van der Waals surface area contributed by atoms with Gasteiger partial charge in [0.1, 0.15) is 0 Å². The molecule has 0 aromatic carbocycles. The number of likely N-dealkylation sites (N-methyl/N-ethyl adjacent to an activating group) is 1. The van der Waals surface area contributed by atoms with E-state index in [4.69, 9.17) is 20.4 Å². The van der Waals surface area contributed by atoms with E-state index in [-0.39, 0.29) is 13.2 Å². The van der Waals surface area contributed by atoms with Crippen LogP contribution in [0.4, 0.5) is 0 Å². The highest BCUT2D eigenvalue weighted by molar-refractivity contribution is 4.65. The van der Waals surface area contributed by atoms with Crippen molar-refractivity contribution in [2.24, 2.45) is 0 Å². The largest absolute Gasteiger partial charge is 0.396 e. The van der Waals surface area contributed by atoms with Crippen molar-refractivity contribution < 1.29 is 20.4 Å². The smallest absolute Gasteiger partial charge is 0.0558 e. The average Bonchev–Trinajstić information content (AvgIpc) is 2.72. The van der Waals surface area contributed by atoms with E-state index >= 15 is 0 Å². The summed E-state index contributed by atoms with van der Waals surface area (Å²) in [6, 6.07) is 1.07. The maximum atomic E-state index is 8.69. The normalized spacial score (nSPS) is 10.9. The lowest BCUT2D eigenvalue weighted by atomic mass is 10.2. The summed E-state index contributed by atoms with van der Waals surface area (Å²) < 4.78 is 0. The average molecular weight is 469 g/mol. The molecule has 0 spiro atoms. The van der Waals surface area contributed by atoms with Crippen LogP contribution in [0.5, 0.6) is 0 Å². The number of nitrogens with zero attached hydrogens (tertiary/aromatic N) is 4. The SMILES string of the molecule is CC(C)N(CCO)C(C)C.CCN(CC)CCCO.CN(C)CCCO.CN(C)CCO. The summed E-state index contributed by atoms with van der Waals surface area (Å²) in [5.74, 6) is 0. The van der Waals surface area contributed by atoms with Crippen molar-refractivity contribution in [3.8, 4) is 0 Å². The van der Waals surface area contributed by atoms with Crippen molar-refractivity contribution in [2.45, 2.75) is 66.5 Å². The molecule has 32 heavy (non-hydrogen) atoms. The fourth-order valence-corrected chi connectivity index (χ4v) is 2.65. The van der Waals surface area contributed by atoms with Crippen molar-refractivity contribution in [3.05, 3.63) is 0 Å². The molecule has 0 heterocycles. The summed E-state index contributed by atoms with van der Waals surface area (Å²) in [5.41, 5.74) is 0. The molecule has 200 valence electrons. The Morgan fingerprint density at radius 3 is 1.06 bits per heavy atom. The Balaban J connectivity index is -0.000000166. The van der Waals surface area contributed by atoms with E-state index in [1.54, 1.807) is 0 Å². The molecule has 8 nitrogen and oxygen atoms in total. The molecule has 0 aliphatic carbocycles. The number of aliphatic hydroxyl groups is 4. The molecule has 0 saturated carbocycles. The van der Waals surface area contributed by atoms with Gasteiger partial charge in [0.15, 0.2) is 0 Å². The predicted octanol–water partition coefficient (Wildman–Crippen LogP) is 1.28. The summed E-state index contributed by atoms with van der Waals surface area (Å²) >= 11 is 0. The summed E-state index contributed by atoms with van der Waals surface area (Å²) in [6.07, 6.45) is 1.79. The first-order valence-electron chi connectivity index (χ1n) is 12.2. The summed E-state index contributed by atoms with van der Waals surface area (Å²) in [7, 11) is 7.85. The Labute approximate surface area is 200 Å². The van der Waals surface area contributed by atoms with Crippen LogP contribution in [0, 0.1) is 0 Å². The molecule has 0 atom stereocenters. The van der Waals surface area contributed by atoms with Crippen molar-refractivity contribution in [3.63, 3.8) is 0 Å². The van der Waals surface area contributed by atoms with Crippen LogP contribution in [-0.2, 0) is 0 Å². The second kappa shape index (κ2) is 30.7. The number of aliphatic hydroxyl groups excluding tert-OH is 4. The van der Waals surface area contributed by atoms with Crippen LogP contribution in [0.15, 0.2) is 0 Å². The molecule has 0 fully saturated rings. The third kappa shape index (κ3) is 37.0. The summed E-state index contributed by atoms with van der Waals surface area (Å²) in [4.78, 5) is 8.55. The van der Waals surface area contributed by atoms with Gasteiger partial charge < -0.3 is 35.1 Å². The highest BCUT2D eigenvalue weighted by atomic mass is 16.3. The minimum absolute atomic E-state index is 0.257. The fraction of sp³-hybridized carbons (Fsp3) is 1.00. The lowest BCUT2D eigenvalue weighted by Crippen LogP contribution is -2.38. The fourth-order valence-electron chi connectivity index (χ4n) is 2.65. The van der Waals surface area contributed by atoms with Crippen molar-refractivity contribution >= 4 is 0 Å². The molecule has 0 rings (SSSR count). The Morgan fingerprint density at radius 2 is 0.906 bits per heavy atom. The van der Waals surface area contributed by atoms with Gasteiger partial charge >= 0.3 is 0 Å². The van der Waals surface area contributed by atoms with Gasteiger partial charge in [0.2, 0.25) is 0 Å². The van der Waals surface area contributed by atoms with Gasteiger partial charge in [-0.25, -0.2) is 0 Å². The van der Waals surface area contributed by atoms with Crippen LogP contribution in [0.1, 0.15) is 54.4 Å². The Hall–Kier alpha value is -0.320. The maximum absolute atomic E-state index is 8.69. The van der Waals surface area contributed by atoms with Crippen LogP contribution in [0.25, 0.3) is 0 Å². The number of hydrogen-bond acceptors (Lipinski definition) is 8. The van der Waals surface area contributed by atoms with Gasteiger partial charge in [0.25, 0.3) is 0 Å². The van der Waals surface area contributed by atoms with Crippen LogP contribution in [-0.4, -0.2) is 146 Å². The van der Waals surface area contributed by atoms with Gasteiger partial charge in [-0.1, -0.05) is 13.8 Å². The first-order valence-corrected chi connectivity index (χ1v) is 12.2. The molecule has 0 aliphatic heterocycles. The zero-order valence-electron chi connectivity index (χ0n) is 23.2. The first-order chi connectivity index (χ1) is 15.0. The van der Waals surface area contributed by atoms with E-state index in [0.29, 0.717) is 25.3 Å². The molecule has 8 heteroatoms. The molecule has 0 amide bonds. The molecular formula is C24H60N4O4. The zero-order valence-corrected chi connectivity index (χ0v) is 23.2. The van der Waals surface area contributed by atoms with Crippen LogP contribution in [0.3, 0.4) is 0 Å². The monoisotopic (exact) mass is 468 g/mol. The van der Waals surface area contributed by atoms with Gasteiger partial charge in [0.05, 0.1) is 13.2 Å². The van der Waals surface area contributed by atoms with Gasteiger partial charge in [-0.3, -0.25) is 4.90 Å². The van der Waals surface area contributed by atoms with Crippen molar-refractivity contribution in [1.82, 2.24) is 19.6 Å². The lowest BCUT2D eigenvalue weighted by Gasteiger charge is -2.29.